The number of aromatic nitrogens is 1. The van der Waals surface area contributed by atoms with Gasteiger partial charge in [0, 0.05) is 48.8 Å². The predicted molar refractivity (Wildman–Crippen MR) is 142 cm³/mol. The Morgan fingerprint density at radius 1 is 1.00 bits per heavy atom. The molecule has 1 saturated heterocycles. The molecule has 1 N–H and O–H groups in total. The lowest BCUT2D eigenvalue weighted by Gasteiger charge is -2.37. The number of amides is 2. The molecule has 2 aromatic carbocycles. The molecule has 9 heteroatoms. The van der Waals surface area contributed by atoms with E-state index in [1.807, 2.05) is 11.0 Å². The largest absolute Gasteiger partial charge is 0.368 e. The van der Waals surface area contributed by atoms with Crippen LogP contribution in [0, 0.1) is 0 Å². The normalized spacial score (nSPS) is 17.1. The van der Waals surface area contributed by atoms with Crippen molar-refractivity contribution in [3.8, 4) is 0 Å². The van der Waals surface area contributed by atoms with Crippen molar-refractivity contribution in [2.45, 2.75) is 25.2 Å². The van der Waals surface area contributed by atoms with Crippen LogP contribution in [0.25, 0.3) is 0 Å². The first-order valence-electron chi connectivity index (χ1n) is 12.1. The van der Waals surface area contributed by atoms with E-state index >= 15 is 0 Å². The molecule has 2 radical (unpaired) electrons. The van der Waals surface area contributed by atoms with Crippen molar-refractivity contribution in [2.24, 2.45) is 0 Å². The maximum Gasteiger partial charge on any atom is 0.263 e. The highest BCUT2D eigenvalue weighted by molar-refractivity contribution is 6.30. The number of piperazine rings is 1. The summed E-state index contributed by atoms with van der Waals surface area (Å²) in [5.41, 5.74) is 3.83. The minimum atomic E-state index is -0.450. The Kier molecular flexibility index (Phi) is 6.87. The Hall–Kier alpha value is -3.52. The van der Waals surface area contributed by atoms with E-state index in [9.17, 15) is 14.4 Å². The highest BCUT2D eigenvalue weighted by atomic mass is 35.5. The van der Waals surface area contributed by atoms with Crippen LogP contribution in [0.3, 0.4) is 0 Å². The molecule has 1 aliphatic heterocycles. The maximum absolute atomic E-state index is 13.4. The topological polar surface area (TPSA) is 74.7 Å². The van der Waals surface area contributed by atoms with E-state index < -0.39 is 5.91 Å². The van der Waals surface area contributed by atoms with E-state index in [1.165, 1.54) is 5.56 Å². The molecule has 1 aliphatic carbocycles. The zero-order valence-electron chi connectivity index (χ0n) is 19.8. The Balaban J connectivity index is 1.38. The van der Waals surface area contributed by atoms with Crippen LogP contribution in [-0.4, -0.2) is 55.3 Å². The number of nitrogens with zero attached hydrogens (tertiary/aromatic N) is 3. The summed E-state index contributed by atoms with van der Waals surface area (Å²) in [6.07, 6.45) is 3.41. The molecular weight excluding hydrogens is 475 g/mol. The summed E-state index contributed by atoms with van der Waals surface area (Å²) >= 11 is 5.92. The van der Waals surface area contributed by atoms with Crippen molar-refractivity contribution < 1.29 is 9.59 Å². The van der Waals surface area contributed by atoms with E-state index in [4.69, 9.17) is 19.4 Å². The van der Waals surface area contributed by atoms with Gasteiger partial charge in [-0.15, -0.1) is 0 Å². The Bertz CT molecular complexity index is 1350. The van der Waals surface area contributed by atoms with Gasteiger partial charge in [0.25, 0.3) is 11.5 Å². The fourth-order valence-electron chi connectivity index (χ4n) is 5.18. The number of hydrogen-bond acceptors (Lipinski definition) is 4. The first kappa shape index (κ1) is 24.2. The molecule has 5 rings (SSSR count). The third-order valence-electron chi connectivity index (χ3n) is 7.02. The molecule has 182 valence electrons. The van der Waals surface area contributed by atoms with Crippen molar-refractivity contribution >= 4 is 42.6 Å². The van der Waals surface area contributed by atoms with Gasteiger partial charge in [0.15, 0.2) is 0 Å². The van der Waals surface area contributed by atoms with E-state index in [1.54, 1.807) is 47.2 Å². The number of carbonyl (C=O) groups is 2. The average Bonchev–Trinajstić information content (AvgIpc) is 3.34. The number of nitrogens with one attached hydrogen (secondary N) is 1. The second kappa shape index (κ2) is 10.2. The van der Waals surface area contributed by atoms with E-state index in [0.717, 1.165) is 37.2 Å². The SMILES string of the molecule is [B]CC(=O)N1CCN(c2cccc3c2CCC3n2cccc(C(=O)Nc3ccc(Cl)cc3)c2=O)CC1. The second-order valence-corrected chi connectivity index (χ2v) is 9.50. The molecule has 1 aromatic heterocycles. The summed E-state index contributed by atoms with van der Waals surface area (Å²) in [5, 5.41) is 3.35. The van der Waals surface area contributed by atoms with Crippen LogP contribution in [0.1, 0.15) is 33.9 Å². The molecular formula is C27H26BClN4O3. The second-order valence-electron chi connectivity index (χ2n) is 9.07. The molecule has 3 aromatic rings. The third kappa shape index (κ3) is 4.65. The molecule has 0 saturated carbocycles. The zero-order chi connectivity index (χ0) is 25.2. The lowest BCUT2D eigenvalue weighted by molar-refractivity contribution is -0.129. The Morgan fingerprint density at radius 2 is 1.75 bits per heavy atom. The number of anilines is 2. The molecule has 1 fully saturated rings. The number of fused-ring (bicyclic) bond motifs is 1. The van der Waals surface area contributed by atoms with Gasteiger partial charge < -0.3 is 19.7 Å². The predicted octanol–water partition coefficient (Wildman–Crippen LogP) is 3.53. The molecule has 2 heterocycles. The Morgan fingerprint density at radius 3 is 2.47 bits per heavy atom. The number of halogens is 1. The molecule has 2 aliphatic rings. The van der Waals surface area contributed by atoms with Crippen molar-refractivity contribution in [1.82, 2.24) is 9.47 Å². The first-order valence-corrected chi connectivity index (χ1v) is 12.5. The fourth-order valence-corrected chi connectivity index (χ4v) is 5.31. The maximum atomic E-state index is 13.4. The summed E-state index contributed by atoms with van der Waals surface area (Å²) < 4.78 is 1.67. The van der Waals surface area contributed by atoms with Gasteiger partial charge in [0.1, 0.15) is 5.56 Å². The third-order valence-corrected chi connectivity index (χ3v) is 7.27. The summed E-state index contributed by atoms with van der Waals surface area (Å²) in [4.78, 5) is 42.3. The van der Waals surface area contributed by atoms with E-state index in [-0.39, 0.29) is 29.4 Å². The van der Waals surface area contributed by atoms with E-state index in [2.05, 4.69) is 22.3 Å². The van der Waals surface area contributed by atoms with Gasteiger partial charge in [-0.1, -0.05) is 23.7 Å². The van der Waals surface area contributed by atoms with Gasteiger partial charge in [-0.2, -0.15) is 0 Å². The number of rotatable bonds is 5. The molecule has 0 spiro atoms. The first-order chi connectivity index (χ1) is 17.5. The van der Waals surface area contributed by atoms with Crippen molar-refractivity contribution in [3.63, 3.8) is 0 Å². The van der Waals surface area contributed by atoms with Crippen LogP contribution < -0.4 is 15.8 Å². The molecule has 1 unspecified atom stereocenters. The van der Waals surface area contributed by atoms with Crippen LogP contribution in [0.2, 0.25) is 11.3 Å². The molecule has 0 bridgehead atoms. The average molecular weight is 501 g/mol. The lowest BCUT2D eigenvalue weighted by Crippen LogP contribution is -2.48. The van der Waals surface area contributed by atoms with Crippen molar-refractivity contribution in [1.29, 1.82) is 0 Å². The van der Waals surface area contributed by atoms with Gasteiger partial charge in [0.05, 0.1) is 13.9 Å². The number of pyridine rings is 1. The van der Waals surface area contributed by atoms with Gasteiger partial charge in [-0.05, 0) is 72.8 Å². The van der Waals surface area contributed by atoms with Crippen LogP contribution >= 0.6 is 11.6 Å². The number of carbonyl (C=O) groups excluding carboxylic acids is 2. The van der Waals surface area contributed by atoms with Gasteiger partial charge >= 0.3 is 0 Å². The lowest BCUT2D eigenvalue weighted by atomic mass is 10.0. The van der Waals surface area contributed by atoms with Gasteiger partial charge in [-0.3, -0.25) is 14.4 Å². The minimum Gasteiger partial charge on any atom is -0.368 e. The summed E-state index contributed by atoms with van der Waals surface area (Å²) in [7, 11) is 5.52. The van der Waals surface area contributed by atoms with Crippen LogP contribution in [-0.2, 0) is 11.2 Å². The Labute approximate surface area is 216 Å². The van der Waals surface area contributed by atoms with Crippen molar-refractivity contribution in [3.05, 3.63) is 92.9 Å². The molecule has 36 heavy (non-hydrogen) atoms. The molecule has 7 nitrogen and oxygen atoms in total. The summed E-state index contributed by atoms with van der Waals surface area (Å²) in [6.45, 7) is 2.78. The van der Waals surface area contributed by atoms with Gasteiger partial charge in [0.2, 0.25) is 5.91 Å². The molecule has 1 atom stereocenters. The standard InChI is InChI=1S/C27H26BClN4O3/c28-17-25(34)32-15-13-31(14-16-32)23-5-1-3-20-21(23)10-11-24(20)33-12-2-4-22(27(33)36)26(35)30-19-8-6-18(29)7-9-19/h1-9,12,24H,10-11,13-17H2,(H,30,35). The summed E-state index contributed by atoms with van der Waals surface area (Å²) in [6, 6.07) is 16.1. The van der Waals surface area contributed by atoms with Crippen molar-refractivity contribution in [2.75, 3.05) is 36.4 Å². The number of benzene rings is 2. The molecule has 2 amide bonds. The zero-order valence-corrected chi connectivity index (χ0v) is 20.6. The highest BCUT2D eigenvalue weighted by Crippen LogP contribution is 2.39. The monoisotopic (exact) mass is 500 g/mol. The van der Waals surface area contributed by atoms with Gasteiger partial charge in [-0.25, -0.2) is 0 Å². The van der Waals surface area contributed by atoms with E-state index in [0.29, 0.717) is 23.8 Å². The summed E-state index contributed by atoms with van der Waals surface area (Å²) in [5.74, 6) is -0.471. The number of hydrogen-bond donors (Lipinski definition) is 1. The van der Waals surface area contributed by atoms with Crippen LogP contribution in [0.15, 0.2) is 65.6 Å². The highest BCUT2D eigenvalue weighted by Gasteiger charge is 2.30. The quantitative estimate of drug-likeness (QED) is 0.544. The van der Waals surface area contributed by atoms with Crippen LogP contribution in [0.4, 0.5) is 11.4 Å². The minimum absolute atomic E-state index is 0.0210. The van der Waals surface area contributed by atoms with Crippen LogP contribution in [0.5, 0.6) is 0 Å². The smallest absolute Gasteiger partial charge is 0.263 e. The fraction of sp³-hybridized carbons (Fsp3) is 0.296.